The number of hydrogen-bond acceptors (Lipinski definition) is 2. The van der Waals surface area contributed by atoms with Gasteiger partial charge in [0.05, 0.1) is 10.6 Å². The Morgan fingerprint density at radius 2 is 1.91 bits per heavy atom. The molecule has 0 saturated carbocycles. The average Bonchev–Trinajstić information content (AvgIpc) is 2.51. The van der Waals surface area contributed by atoms with Crippen molar-refractivity contribution in [1.29, 1.82) is 0 Å². The van der Waals surface area contributed by atoms with Crippen LogP contribution in [0.1, 0.15) is 28.4 Å². The lowest BCUT2D eigenvalue weighted by Gasteiger charge is -2.24. The topological polar surface area (TPSA) is 20.3 Å². The summed E-state index contributed by atoms with van der Waals surface area (Å²) in [6, 6.07) is 11.7. The summed E-state index contributed by atoms with van der Waals surface area (Å²) in [5.74, 6) is -0.0582. The third-order valence-electron chi connectivity index (χ3n) is 3.62. The normalized spacial score (nSPS) is 10.6. The summed E-state index contributed by atoms with van der Waals surface area (Å²) >= 11 is 7.85. The van der Waals surface area contributed by atoms with E-state index in [4.69, 9.17) is 11.6 Å². The van der Waals surface area contributed by atoms with Crippen molar-refractivity contribution in [3.63, 3.8) is 0 Å². The van der Waals surface area contributed by atoms with Gasteiger partial charge in [-0.05, 0) is 62.4 Å². The maximum Gasteiger partial charge on any atom is 0.259 e. The second-order valence-corrected chi connectivity index (χ2v) is 6.47. The van der Waals surface area contributed by atoms with Gasteiger partial charge in [0, 0.05) is 17.1 Å². The summed E-state index contributed by atoms with van der Waals surface area (Å²) in [5, 5.41) is 0.492. The predicted molar refractivity (Wildman–Crippen MR) is 96.5 cm³/mol. The van der Waals surface area contributed by atoms with Gasteiger partial charge in [0.2, 0.25) is 0 Å². The van der Waals surface area contributed by atoms with Crippen LogP contribution in [0, 0.1) is 13.8 Å². The molecule has 0 heterocycles. The molecule has 0 saturated heterocycles. The van der Waals surface area contributed by atoms with Crippen LogP contribution >= 0.6 is 23.4 Å². The summed E-state index contributed by atoms with van der Waals surface area (Å²) in [7, 11) is 0. The van der Waals surface area contributed by atoms with E-state index in [1.54, 1.807) is 22.7 Å². The first-order valence-electron chi connectivity index (χ1n) is 7.20. The monoisotopic (exact) mass is 333 g/mol. The number of aryl methyl sites for hydroxylation is 2. The molecule has 0 bridgehead atoms. The molecule has 0 atom stereocenters. The van der Waals surface area contributed by atoms with E-state index < -0.39 is 0 Å². The maximum atomic E-state index is 13.0. The van der Waals surface area contributed by atoms with Crippen LogP contribution in [0.2, 0.25) is 5.02 Å². The van der Waals surface area contributed by atoms with E-state index in [0.717, 1.165) is 21.7 Å². The number of nitrogens with zero attached hydrogens (tertiary/aromatic N) is 1. The lowest BCUT2D eigenvalue weighted by molar-refractivity contribution is 0.0988. The van der Waals surface area contributed by atoms with Crippen LogP contribution in [-0.2, 0) is 0 Å². The van der Waals surface area contributed by atoms with Crippen LogP contribution in [0.15, 0.2) is 41.3 Å². The molecule has 2 nitrogen and oxygen atoms in total. The van der Waals surface area contributed by atoms with Gasteiger partial charge in [-0.15, -0.1) is 11.8 Å². The zero-order valence-corrected chi connectivity index (χ0v) is 14.9. The first-order chi connectivity index (χ1) is 10.5. The van der Waals surface area contributed by atoms with E-state index >= 15 is 0 Å². The molecule has 2 aromatic carbocycles. The Hall–Kier alpha value is -1.45. The van der Waals surface area contributed by atoms with Crippen LogP contribution in [0.3, 0.4) is 0 Å². The van der Waals surface area contributed by atoms with Crippen molar-refractivity contribution in [2.45, 2.75) is 25.7 Å². The predicted octanol–water partition coefficient (Wildman–Crippen LogP) is 5.35. The van der Waals surface area contributed by atoms with Gasteiger partial charge >= 0.3 is 0 Å². The number of anilines is 1. The van der Waals surface area contributed by atoms with Crippen LogP contribution in [0.5, 0.6) is 0 Å². The van der Waals surface area contributed by atoms with E-state index in [-0.39, 0.29) is 5.91 Å². The highest BCUT2D eigenvalue weighted by Gasteiger charge is 2.20. The van der Waals surface area contributed by atoms with Crippen molar-refractivity contribution < 1.29 is 4.79 Å². The Kier molecular flexibility index (Phi) is 5.54. The van der Waals surface area contributed by atoms with Crippen molar-refractivity contribution in [2.24, 2.45) is 0 Å². The number of amides is 1. The molecule has 4 heteroatoms. The quantitative estimate of drug-likeness (QED) is 0.703. The molecule has 0 fully saturated rings. The summed E-state index contributed by atoms with van der Waals surface area (Å²) in [6.45, 7) is 6.63. The van der Waals surface area contributed by atoms with Crippen molar-refractivity contribution in [1.82, 2.24) is 0 Å². The molecular formula is C18H20ClNOS. The fourth-order valence-corrected chi connectivity index (χ4v) is 3.01. The summed E-state index contributed by atoms with van der Waals surface area (Å²) in [5.41, 5.74) is 3.71. The minimum Gasteiger partial charge on any atom is -0.308 e. The van der Waals surface area contributed by atoms with Gasteiger partial charge in [-0.2, -0.15) is 0 Å². The van der Waals surface area contributed by atoms with Gasteiger partial charge in [0.1, 0.15) is 0 Å². The smallest absolute Gasteiger partial charge is 0.259 e. The van der Waals surface area contributed by atoms with Crippen LogP contribution in [0.25, 0.3) is 0 Å². The van der Waals surface area contributed by atoms with E-state index in [1.165, 1.54) is 0 Å². The highest BCUT2D eigenvalue weighted by molar-refractivity contribution is 7.98. The molecule has 0 aliphatic rings. The maximum absolute atomic E-state index is 13.0. The molecule has 2 rings (SSSR count). The van der Waals surface area contributed by atoms with Crippen LogP contribution in [0.4, 0.5) is 5.69 Å². The third kappa shape index (κ3) is 3.47. The van der Waals surface area contributed by atoms with Crippen molar-refractivity contribution in [3.8, 4) is 0 Å². The Balaban J connectivity index is 2.47. The molecule has 0 aromatic heterocycles. The fourth-order valence-electron chi connectivity index (χ4n) is 2.37. The number of halogens is 1. The van der Waals surface area contributed by atoms with Crippen molar-refractivity contribution in [2.75, 3.05) is 17.7 Å². The Labute approximate surface area is 141 Å². The van der Waals surface area contributed by atoms with Gasteiger partial charge in [-0.1, -0.05) is 23.7 Å². The number of carbonyl (C=O) groups is 1. The van der Waals surface area contributed by atoms with E-state index in [2.05, 4.69) is 6.07 Å². The standard InChI is InChI=1S/C18H20ClNOS/c1-5-20(17-10-12(2)6-7-13(17)3)18(21)15-11-14(22-4)8-9-16(15)19/h6-11H,5H2,1-4H3. The van der Waals surface area contributed by atoms with E-state index in [1.807, 2.05) is 51.3 Å². The number of carbonyl (C=O) groups excluding carboxylic acids is 1. The first kappa shape index (κ1) is 16.9. The minimum absolute atomic E-state index is 0.0582. The van der Waals surface area contributed by atoms with Gasteiger partial charge < -0.3 is 4.90 Å². The van der Waals surface area contributed by atoms with E-state index in [9.17, 15) is 4.79 Å². The summed E-state index contributed by atoms with van der Waals surface area (Å²) in [6.07, 6.45) is 1.99. The van der Waals surface area contributed by atoms with Crippen molar-refractivity contribution >= 4 is 35.0 Å². The number of thioether (sulfide) groups is 1. The molecule has 0 aliphatic heterocycles. The Morgan fingerprint density at radius 1 is 1.18 bits per heavy atom. The van der Waals surface area contributed by atoms with Crippen LogP contribution in [-0.4, -0.2) is 18.7 Å². The minimum atomic E-state index is -0.0582. The molecule has 22 heavy (non-hydrogen) atoms. The number of rotatable bonds is 4. The molecule has 0 unspecified atom stereocenters. The third-order valence-corrected chi connectivity index (χ3v) is 4.68. The summed E-state index contributed by atoms with van der Waals surface area (Å²) in [4.78, 5) is 15.8. The van der Waals surface area contributed by atoms with Gasteiger partial charge in [-0.3, -0.25) is 4.79 Å². The molecule has 0 radical (unpaired) electrons. The van der Waals surface area contributed by atoms with Gasteiger partial charge in [0.15, 0.2) is 0 Å². The first-order valence-corrected chi connectivity index (χ1v) is 8.80. The molecule has 0 N–H and O–H groups in total. The molecule has 2 aromatic rings. The lowest BCUT2D eigenvalue weighted by Crippen LogP contribution is -2.31. The molecule has 1 amide bonds. The number of benzene rings is 2. The SMILES string of the molecule is CCN(C(=O)c1cc(SC)ccc1Cl)c1cc(C)ccc1C. The van der Waals surface area contributed by atoms with Gasteiger partial charge in [-0.25, -0.2) is 0 Å². The fraction of sp³-hybridized carbons (Fsp3) is 0.278. The Bertz CT molecular complexity index is 699. The molecule has 0 aliphatic carbocycles. The summed E-state index contributed by atoms with van der Waals surface area (Å²) < 4.78 is 0. The Morgan fingerprint density at radius 3 is 2.55 bits per heavy atom. The molecular weight excluding hydrogens is 314 g/mol. The highest BCUT2D eigenvalue weighted by Crippen LogP contribution is 2.28. The van der Waals surface area contributed by atoms with Crippen LogP contribution < -0.4 is 4.90 Å². The van der Waals surface area contributed by atoms with Crippen molar-refractivity contribution in [3.05, 3.63) is 58.1 Å². The lowest BCUT2D eigenvalue weighted by atomic mass is 10.1. The zero-order chi connectivity index (χ0) is 16.3. The van der Waals surface area contributed by atoms with Gasteiger partial charge in [0.25, 0.3) is 5.91 Å². The zero-order valence-electron chi connectivity index (χ0n) is 13.3. The second kappa shape index (κ2) is 7.21. The van der Waals surface area contributed by atoms with E-state index in [0.29, 0.717) is 17.1 Å². The largest absolute Gasteiger partial charge is 0.308 e. The second-order valence-electron chi connectivity index (χ2n) is 5.19. The average molecular weight is 334 g/mol. The highest BCUT2D eigenvalue weighted by atomic mass is 35.5. The number of hydrogen-bond donors (Lipinski definition) is 0. The molecule has 0 spiro atoms. The molecule has 116 valence electrons.